The van der Waals surface area contributed by atoms with Gasteiger partial charge in [-0.25, -0.2) is 4.68 Å². The van der Waals surface area contributed by atoms with Gasteiger partial charge in [0.05, 0.1) is 5.88 Å². The summed E-state index contributed by atoms with van der Waals surface area (Å²) in [5.74, 6) is 5.85. The molecule has 1 rings (SSSR count). The fraction of sp³-hybridized carbons (Fsp3) is 0.333. The molecule has 0 atom stereocenters. The second kappa shape index (κ2) is 3.74. The van der Waals surface area contributed by atoms with E-state index in [1.165, 1.54) is 0 Å². The highest BCUT2D eigenvalue weighted by Gasteiger charge is 2.02. The zero-order chi connectivity index (χ0) is 8.27. The largest absolute Gasteiger partial charge is 0.239 e. The Morgan fingerprint density at radius 3 is 2.91 bits per heavy atom. The molecule has 0 radical (unpaired) electrons. The van der Waals surface area contributed by atoms with Gasteiger partial charge in [-0.2, -0.15) is 0 Å². The standard InChI is InChI=1S/C6H5BrClN3/c1-11-5(3-2-4-8)6(7)9-10-11/h4H2,1H3. The lowest BCUT2D eigenvalue weighted by Crippen LogP contribution is -1.93. The molecule has 0 aromatic carbocycles. The molecular weight excluding hydrogens is 229 g/mol. The molecule has 0 saturated heterocycles. The molecule has 0 aliphatic carbocycles. The van der Waals surface area contributed by atoms with Crippen molar-refractivity contribution in [3.05, 3.63) is 10.3 Å². The van der Waals surface area contributed by atoms with E-state index in [1.807, 2.05) is 0 Å². The third-order valence-corrected chi connectivity index (χ3v) is 1.73. The number of rotatable bonds is 0. The number of alkyl halides is 1. The monoisotopic (exact) mass is 233 g/mol. The molecule has 3 nitrogen and oxygen atoms in total. The predicted octanol–water partition coefficient (Wildman–Crippen LogP) is 1.17. The molecule has 0 aliphatic rings. The van der Waals surface area contributed by atoms with Gasteiger partial charge >= 0.3 is 0 Å². The Balaban J connectivity index is 3.01. The third-order valence-electron chi connectivity index (χ3n) is 1.06. The lowest BCUT2D eigenvalue weighted by molar-refractivity contribution is 0.708. The van der Waals surface area contributed by atoms with E-state index in [1.54, 1.807) is 11.7 Å². The van der Waals surface area contributed by atoms with Crippen LogP contribution in [0.1, 0.15) is 5.69 Å². The average Bonchev–Trinajstić information content (AvgIpc) is 2.29. The maximum absolute atomic E-state index is 5.38. The van der Waals surface area contributed by atoms with E-state index in [-0.39, 0.29) is 0 Å². The van der Waals surface area contributed by atoms with Crippen molar-refractivity contribution in [2.24, 2.45) is 7.05 Å². The number of hydrogen-bond donors (Lipinski definition) is 0. The zero-order valence-corrected chi connectivity index (χ0v) is 8.15. The Morgan fingerprint density at radius 1 is 1.73 bits per heavy atom. The van der Waals surface area contributed by atoms with E-state index in [9.17, 15) is 0 Å². The van der Waals surface area contributed by atoms with Crippen LogP contribution >= 0.6 is 27.5 Å². The fourth-order valence-electron chi connectivity index (χ4n) is 0.582. The second-order valence-corrected chi connectivity index (χ2v) is 2.81. The van der Waals surface area contributed by atoms with Crippen LogP contribution in [0.25, 0.3) is 0 Å². The lowest BCUT2D eigenvalue weighted by Gasteiger charge is -1.87. The van der Waals surface area contributed by atoms with Gasteiger partial charge in [0.25, 0.3) is 0 Å². The lowest BCUT2D eigenvalue weighted by atomic mass is 10.5. The molecule has 0 saturated carbocycles. The van der Waals surface area contributed by atoms with Gasteiger partial charge < -0.3 is 0 Å². The van der Waals surface area contributed by atoms with Crippen molar-refractivity contribution in [3.8, 4) is 11.8 Å². The maximum atomic E-state index is 5.38. The van der Waals surface area contributed by atoms with Crippen LogP contribution in [0.2, 0.25) is 0 Å². The number of nitrogens with zero attached hydrogens (tertiary/aromatic N) is 3. The van der Waals surface area contributed by atoms with Crippen LogP contribution in [-0.4, -0.2) is 20.9 Å². The van der Waals surface area contributed by atoms with E-state index in [0.717, 1.165) is 5.69 Å². The van der Waals surface area contributed by atoms with Crippen molar-refractivity contribution in [1.82, 2.24) is 15.0 Å². The van der Waals surface area contributed by atoms with Gasteiger partial charge in [-0.05, 0) is 21.9 Å². The van der Waals surface area contributed by atoms with Crippen LogP contribution in [0.3, 0.4) is 0 Å². The molecule has 1 heterocycles. The first kappa shape index (κ1) is 8.57. The number of hydrogen-bond acceptors (Lipinski definition) is 2. The van der Waals surface area contributed by atoms with Gasteiger partial charge in [0.1, 0.15) is 5.69 Å². The minimum Gasteiger partial charge on any atom is -0.239 e. The summed E-state index contributed by atoms with van der Waals surface area (Å²) in [5, 5.41) is 7.50. The molecule has 0 N–H and O–H groups in total. The fourth-order valence-corrected chi connectivity index (χ4v) is 1.08. The Hall–Kier alpha value is -0.530. The predicted molar refractivity (Wildman–Crippen MR) is 46.3 cm³/mol. The van der Waals surface area contributed by atoms with E-state index >= 15 is 0 Å². The maximum Gasteiger partial charge on any atom is 0.164 e. The summed E-state index contributed by atoms with van der Waals surface area (Å²) in [6.07, 6.45) is 0. The zero-order valence-electron chi connectivity index (χ0n) is 5.80. The van der Waals surface area contributed by atoms with Crippen LogP contribution in [0, 0.1) is 11.8 Å². The molecule has 0 fully saturated rings. The van der Waals surface area contributed by atoms with Gasteiger partial charge in [0.2, 0.25) is 0 Å². The molecule has 0 spiro atoms. The summed E-state index contributed by atoms with van der Waals surface area (Å²) in [4.78, 5) is 0. The number of aromatic nitrogens is 3. The average molecular weight is 234 g/mol. The van der Waals surface area contributed by atoms with Crippen molar-refractivity contribution in [1.29, 1.82) is 0 Å². The highest BCUT2D eigenvalue weighted by Crippen LogP contribution is 2.09. The van der Waals surface area contributed by atoms with Crippen molar-refractivity contribution in [2.75, 3.05) is 5.88 Å². The number of halogens is 2. The Labute approximate surface area is 77.9 Å². The molecule has 0 unspecified atom stereocenters. The van der Waals surface area contributed by atoms with Crippen molar-refractivity contribution in [3.63, 3.8) is 0 Å². The van der Waals surface area contributed by atoms with Gasteiger partial charge in [-0.15, -0.1) is 16.7 Å². The third kappa shape index (κ3) is 1.95. The van der Waals surface area contributed by atoms with Crippen molar-refractivity contribution < 1.29 is 0 Å². The van der Waals surface area contributed by atoms with E-state index < -0.39 is 0 Å². The van der Waals surface area contributed by atoms with Crippen LogP contribution < -0.4 is 0 Å². The molecule has 1 aromatic heterocycles. The summed E-state index contributed by atoms with van der Waals surface area (Å²) < 4.78 is 2.24. The van der Waals surface area contributed by atoms with E-state index in [4.69, 9.17) is 11.6 Å². The van der Waals surface area contributed by atoms with Gasteiger partial charge in [0.15, 0.2) is 4.60 Å². The smallest absolute Gasteiger partial charge is 0.164 e. The van der Waals surface area contributed by atoms with E-state index in [2.05, 4.69) is 38.1 Å². The minimum absolute atomic E-state index is 0.317. The summed E-state index contributed by atoms with van der Waals surface area (Å²) in [6, 6.07) is 0. The topological polar surface area (TPSA) is 30.7 Å². The van der Waals surface area contributed by atoms with Crippen LogP contribution in [0.5, 0.6) is 0 Å². The van der Waals surface area contributed by atoms with Crippen LogP contribution in [0.15, 0.2) is 4.60 Å². The molecule has 1 aromatic rings. The Kier molecular flexibility index (Phi) is 2.92. The van der Waals surface area contributed by atoms with Gasteiger partial charge in [-0.3, -0.25) is 0 Å². The summed E-state index contributed by atoms with van der Waals surface area (Å²) in [6.45, 7) is 0. The quantitative estimate of drug-likeness (QED) is 0.498. The summed E-state index contributed by atoms with van der Waals surface area (Å²) in [7, 11) is 1.77. The first-order valence-electron chi connectivity index (χ1n) is 2.85. The first-order valence-corrected chi connectivity index (χ1v) is 4.18. The second-order valence-electron chi connectivity index (χ2n) is 1.79. The van der Waals surface area contributed by atoms with Gasteiger partial charge in [0, 0.05) is 7.05 Å². The SMILES string of the molecule is Cn1nnc(Br)c1C#CCCl. The van der Waals surface area contributed by atoms with Crippen LogP contribution in [0.4, 0.5) is 0 Å². The summed E-state index contributed by atoms with van der Waals surface area (Å²) in [5.41, 5.74) is 0.741. The molecule has 5 heteroatoms. The van der Waals surface area contributed by atoms with Crippen LogP contribution in [-0.2, 0) is 7.05 Å². The molecule has 0 amide bonds. The van der Waals surface area contributed by atoms with Gasteiger partial charge in [-0.1, -0.05) is 11.1 Å². The normalized spacial score (nSPS) is 9.00. The first-order chi connectivity index (χ1) is 5.25. The number of aryl methyl sites for hydroxylation is 1. The molecule has 11 heavy (non-hydrogen) atoms. The minimum atomic E-state index is 0.317. The van der Waals surface area contributed by atoms with Crippen molar-refractivity contribution in [2.45, 2.75) is 0 Å². The highest BCUT2D eigenvalue weighted by atomic mass is 79.9. The van der Waals surface area contributed by atoms with E-state index in [0.29, 0.717) is 10.5 Å². The Bertz CT molecular complexity index is 290. The highest BCUT2D eigenvalue weighted by molar-refractivity contribution is 9.10. The van der Waals surface area contributed by atoms with Crippen molar-refractivity contribution >= 4 is 27.5 Å². The Morgan fingerprint density at radius 2 is 2.45 bits per heavy atom. The molecule has 0 aliphatic heterocycles. The molecule has 0 bridgehead atoms. The summed E-state index contributed by atoms with van der Waals surface area (Å²) >= 11 is 8.59. The molecular formula is C6H5BrClN3. The molecule has 58 valence electrons.